The molecule has 1 amide bonds. The predicted octanol–water partition coefficient (Wildman–Crippen LogP) is 2.93. The second kappa shape index (κ2) is 5.33. The zero-order chi connectivity index (χ0) is 15.0. The Morgan fingerprint density at radius 2 is 2.19 bits per heavy atom. The molecule has 3 rings (SSSR count). The van der Waals surface area contributed by atoms with Crippen LogP contribution in [0.15, 0.2) is 35.2 Å². The first kappa shape index (κ1) is 13.8. The van der Waals surface area contributed by atoms with Crippen LogP contribution in [0.2, 0.25) is 0 Å². The van der Waals surface area contributed by atoms with E-state index >= 15 is 0 Å². The number of aromatic carboxylic acids is 1. The first-order valence-electron chi connectivity index (χ1n) is 6.42. The van der Waals surface area contributed by atoms with Crippen molar-refractivity contribution in [3.8, 4) is 0 Å². The Morgan fingerprint density at radius 1 is 1.43 bits per heavy atom. The third kappa shape index (κ3) is 2.82. The lowest BCUT2D eigenvalue weighted by molar-refractivity contribution is 0.0698. The molecule has 0 unspecified atom stereocenters. The van der Waals surface area contributed by atoms with Gasteiger partial charge >= 0.3 is 5.97 Å². The van der Waals surface area contributed by atoms with Crippen molar-refractivity contribution in [1.82, 2.24) is 9.55 Å². The van der Waals surface area contributed by atoms with E-state index < -0.39 is 5.97 Å². The van der Waals surface area contributed by atoms with E-state index in [-0.39, 0.29) is 17.2 Å². The van der Waals surface area contributed by atoms with Gasteiger partial charge in [-0.15, -0.1) is 0 Å². The topological polar surface area (TPSA) is 84.2 Å². The Kier molecular flexibility index (Phi) is 3.50. The van der Waals surface area contributed by atoms with Crippen LogP contribution in [0.5, 0.6) is 0 Å². The molecule has 0 radical (unpaired) electrons. The molecule has 2 N–H and O–H groups in total. The molecular weight excluding hydrogens is 338 g/mol. The lowest BCUT2D eigenvalue weighted by Gasteiger charge is -2.10. The van der Waals surface area contributed by atoms with Gasteiger partial charge in [0.25, 0.3) is 5.91 Å². The number of hydrogen-bond donors (Lipinski definition) is 2. The van der Waals surface area contributed by atoms with E-state index in [0.717, 1.165) is 17.3 Å². The maximum Gasteiger partial charge on any atom is 0.337 e. The van der Waals surface area contributed by atoms with Gasteiger partial charge in [0, 0.05) is 22.9 Å². The molecule has 2 heterocycles. The largest absolute Gasteiger partial charge is 0.478 e. The van der Waals surface area contributed by atoms with Gasteiger partial charge in [-0.25, -0.2) is 4.79 Å². The van der Waals surface area contributed by atoms with Gasteiger partial charge < -0.3 is 15.0 Å². The Morgan fingerprint density at radius 3 is 2.86 bits per heavy atom. The van der Waals surface area contributed by atoms with Crippen LogP contribution in [0.3, 0.4) is 0 Å². The van der Waals surface area contributed by atoms with Crippen LogP contribution in [0, 0.1) is 0 Å². The van der Waals surface area contributed by atoms with E-state index in [1.165, 1.54) is 18.5 Å². The summed E-state index contributed by atoms with van der Waals surface area (Å²) in [5.74, 6) is -1.45. The number of carboxylic acid groups (broad SMARTS) is 1. The molecule has 1 aliphatic rings. The number of hydrogen-bond acceptors (Lipinski definition) is 3. The Hall–Kier alpha value is -2.15. The fourth-order valence-electron chi connectivity index (χ4n) is 2.15. The zero-order valence-corrected chi connectivity index (χ0v) is 12.5. The number of carbonyl (C=O) groups is 2. The van der Waals surface area contributed by atoms with Crippen LogP contribution in [-0.2, 0) is 0 Å². The highest BCUT2D eigenvalue weighted by Gasteiger charge is 2.28. The van der Waals surface area contributed by atoms with Crippen LogP contribution in [0.25, 0.3) is 0 Å². The van der Waals surface area contributed by atoms with Crippen LogP contribution in [0.1, 0.15) is 39.7 Å². The second-order valence-corrected chi connectivity index (χ2v) is 5.78. The number of nitrogens with one attached hydrogen (secondary N) is 1. The summed E-state index contributed by atoms with van der Waals surface area (Å²) in [5, 5.41) is 11.7. The van der Waals surface area contributed by atoms with Gasteiger partial charge in [-0.1, -0.05) is 0 Å². The zero-order valence-electron chi connectivity index (χ0n) is 10.9. The van der Waals surface area contributed by atoms with Crippen LogP contribution < -0.4 is 5.32 Å². The molecule has 108 valence electrons. The van der Waals surface area contributed by atoms with E-state index in [2.05, 4.69) is 26.2 Å². The maximum atomic E-state index is 12.4. The molecule has 0 aliphatic heterocycles. The summed E-state index contributed by atoms with van der Waals surface area (Å²) in [5.41, 5.74) is 0.709. The average Bonchev–Trinajstić information content (AvgIpc) is 3.21. The van der Waals surface area contributed by atoms with Crippen LogP contribution in [-0.4, -0.2) is 26.5 Å². The number of carboxylic acids is 1. The summed E-state index contributed by atoms with van der Waals surface area (Å²) in [6.07, 6.45) is 6.68. The van der Waals surface area contributed by atoms with Crippen LogP contribution in [0.4, 0.5) is 5.69 Å². The molecule has 1 aliphatic carbocycles. The van der Waals surface area contributed by atoms with Crippen molar-refractivity contribution in [3.05, 3.63) is 46.5 Å². The van der Waals surface area contributed by atoms with Crippen molar-refractivity contribution in [1.29, 1.82) is 0 Å². The van der Waals surface area contributed by atoms with Crippen molar-refractivity contribution < 1.29 is 14.7 Å². The number of pyridine rings is 1. The summed E-state index contributed by atoms with van der Waals surface area (Å²) < 4.78 is 2.74. The lowest BCUT2D eigenvalue weighted by Crippen LogP contribution is -2.18. The van der Waals surface area contributed by atoms with Gasteiger partial charge in [-0.2, -0.15) is 0 Å². The Bertz CT molecular complexity index is 722. The molecule has 0 spiro atoms. The standard InChI is InChI=1S/C14H12BrN3O3/c15-8-5-12(18(7-8)9-1-2-9)13(19)17-11-6-16-4-3-10(11)14(20)21/h3-7,9H,1-2H2,(H,17,19)(H,20,21). The number of nitrogens with zero attached hydrogens (tertiary/aromatic N) is 2. The highest BCUT2D eigenvalue weighted by Crippen LogP contribution is 2.37. The normalized spacial score (nSPS) is 14.0. The summed E-state index contributed by atoms with van der Waals surface area (Å²) in [4.78, 5) is 27.4. The Balaban J connectivity index is 1.89. The first-order valence-corrected chi connectivity index (χ1v) is 7.21. The van der Waals surface area contributed by atoms with E-state index in [9.17, 15) is 9.59 Å². The Labute approximate surface area is 128 Å². The fraction of sp³-hybridized carbons (Fsp3) is 0.214. The highest BCUT2D eigenvalue weighted by molar-refractivity contribution is 9.10. The summed E-state index contributed by atoms with van der Waals surface area (Å²) >= 11 is 3.36. The number of halogens is 1. The minimum Gasteiger partial charge on any atom is -0.478 e. The molecule has 2 aromatic rings. The monoisotopic (exact) mass is 349 g/mol. The van der Waals surface area contributed by atoms with E-state index in [1.807, 2.05) is 10.8 Å². The van der Waals surface area contributed by atoms with Crippen molar-refractivity contribution in [2.75, 3.05) is 5.32 Å². The van der Waals surface area contributed by atoms with Gasteiger partial charge in [-0.3, -0.25) is 9.78 Å². The summed E-state index contributed by atoms with van der Waals surface area (Å²) in [7, 11) is 0. The molecule has 21 heavy (non-hydrogen) atoms. The molecule has 7 heteroatoms. The van der Waals surface area contributed by atoms with Crippen molar-refractivity contribution in [2.45, 2.75) is 18.9 Å². The molecule has 1 fully saturated rings. The van der Waals surface area contributed by atoms with E-state index in [1.54, 1.807) is 6.07 Å². The molecule has 0 bridgehead atoms. The summed E-state index contributed by atoms with van der Waals surface area (Å²) in [6.45, 7) is 0. The smallest absolute Gasteiger partial charge is 0.337 e. The van der Waals surface area contributed by atoms with Gasteiger partial charge in [0.1, 0.15) is 5.69 Å². The summed E-state index contributed by atoms with van der Waals surface area (Å²) in [6, 6.07) is 3.43. The highest BCUT2D eigenvalue weighted by atomic mass is 79.9. The van der Waals surface area contributed by atoms with E-state index in [4.69, 9.17) is 5.11 Å². The van der Waals surface area contributed by atoms with E-state index in [0.29, 0.717) is 11.7 Å². The molecule has 0 atom stereocenters. The average molecular weight is 350 g/mol. The predicted molar refractivity (Wildman–Crippen MR) is 79.6 cm³/mol. The van der Waals surface area contributed by atoms with Crippen LogP contribution >= 0.6 is 15.9 Å². The van der Waals surface area contributed by atoms with Gasteiger partial charge in [0.2, 0.25) is 0 Å². The van der Waals surface area contributed by atoms with Crippen molar-refractivity contribution in [2.24, 2.45) is 0 Å². The number of carbonyl (C=O) groups excluding carboxylic acids is 1. The lowest BCUT2D eigenvalue weighted by atomic mass is 10.2. The fourth-order valence-corrected chi connectivity index (χ4v) is 2.59. The minimum absolute atomic E-state index is 0.0157. The van der Waals surface area contributed by atoms with Gasteiger partial charge in [0.05, 0.1) is 17.4 Å². The number of amides is 1. The SMILES string of the molecule is O=C(O)c1ccncc1NC(=O)c1cc(Br)cn1C1CC1. The molecular formula is C14H12BrN3O3. The first-order chi connectivity index (χ1) is 10.1. The second-order valence-electron chi connectivity index (χ2n) is 4.86. The maximum absolute atomic E-state index is 12.4. The van der Waals surface area contributed by atoms with Gasteiger partial charge in [-0.05, 0) is 40.9 Å². The number of anilines is 1. The quantitative estimate of drug-likeness (QED) is 0.888. The molecule has 0 saturated heterocycles. The third-order valence-electron chi connectivity index (χ3n) is 3.29. The molecule has 1 saturated carbocycles. The van der Waals surface area contributed by atoms with Gasteiger partial charge in [0.15, 0.2) is 0 Å². The van der Waals surface area contributed by atoms with Crippen molar-refractivity contribution >= 4 is 33.5 Å². The molecule has 0 aromatic carbocycles. The third-order valence-corrected chi connectivity index (χ3v) is 3.72. The molecule has 2 aromatic heterocycles. The number of rotatable bonds is 4. The number of aromatic nitrogens is 2. The van der Waals surface area contributed by atoms with Crippen molar-refractivity contribution in [3.63, 3.8) is 0 Å². The molecule has 6 nitrogen and oxygen atoms in total. The minimum atomic E-state index is -1.11.